The third-order valence-electron chi connectivity index (χ3n) is 7.70. The molecular formula is C34H34N4O5S. The van der Waals surface area contributed by atoms with Crippen LogP contribution in [0.25, 0.3) is 21.6 Å². The summed E-state index contributed by atoms with van der Waals surface area (Å²) >= 11 is 1.29. The molecule has 6 rings (SSSR count). The number of aliphatic hydroxyl groups is 1. The molecule has 1 N–H and O–H groups in total. The highest BCUT2D eigenvalue weighted by Gasteiger charge is 2.48. The number of imidazole rings is 1. The van der Waals surface area contributed by atoms with Crippen molar-refractivity contribution < 1.29 is 24.2 Å². The normalized spacial score (nSPS) is 16.3. The second-order valence-electron chi connectivity index (χ2n) is 10.7. The Labute approximate surface area is 259 Å². The number of Topliss-reactive ketones (excluding diaryl/α,β-unsaturated/α-hetero) is 1. The van der Waals surface area contributed by atoms with E-state index >= 15 is 0 Å². The maximum atomic E-state index is 13.8. The number of carbonyl (C=O) groups excluding carboxylic acids is 2. The lowest BCUT2D eigenvalue weighted by molar-refractivity contribution is -0.132. The molecule has 1 atom stereocenters. The SMILES string of the molecule is CCCCCCOc1ccc(C2/C(=C(\O)c3c(C)nc4ccccn34)C(=O)C(=O)N2c2nc3ccc(OCC)cc3s2)cc1. The van der Waals surface area contributed by atoms with E-state index in [0.29, 0.717) is 58.0 Å². The maximum Gasteiger partial charge on any atom is 0.301 e. The fourth-order valence-corrected chi connectivity index (χ4v) is 6.61. The zero-order valence-electron chi connectivity index (χ0n) is 24.9. The van der Waals surface area contributed by atoms with Gasteiger partial charge < -0.3 is 14.6 Å². The highest BCUT2D eigenvalue weighted by Crippen LogP contribution is 2.45. The van der Waals surface area contributed by atoms with Crippen LogP contribution in [0.15, 0.2) is 72.4 Å². The van der Waals surface area contributed by atoms with Crippen LogP contribution in [0.2, 0.25) is 0 Å². The molecule has 44 heavy (non-hydrogen) atoms. The number of aromatic nitrogens is 3. The van der Waals surface area contributed by atoms with Gasteiger partial charge in [-0.2, -0.15) is 0 Å². The van der Waals surface area contributed by atoms with Crippen molar-refractivity contribution in [3.05, 3.63) is 89.4 Å². The van der Waals surface area contributed by atoms with Crippen LogP contribution in [0, 0.1) is 6.92 Å². The maximum absolute atomic E-state index is 13.8. The van der Waals surface area contributed by atoms with E-state index < -0.39 is 17.7 Å². The van der Waals surface area contributed by atoms with Crippen LogP contribution < -0.4 is 14.4 Å². The summed E-state index contributed by atoms with van der Waals surface area (Å²) < 4.78 is 14.1. The van der Waals surface area contributed by atoms with Crippen LogP contribution in [0.1, 0.15) is 62.5 Å². The second-order valence-corrected chi connectivity index (χ2v) is 11.7. The summed E-state index contributed by atoms with van der Waals surface area (Å²) in [6, 6.07) is 17.4. The number of ether oxygens (including phenoxy) is 2. The Bertz CT molecular complexity index is 1870. The number of fused-ring (bicyclic) bond motifs is 2. The lowest BCUT2D eigenvalue weighted by atomic mass is 9.96. The number of aliphatic hydroxyl groups excluding tert-OH is 1. The first-order chi connectivity index (χ1) is 21.4. The number of unbranched alkanes of at least 4 members (excludes halogenated alkanes) is 3. The molecule has 2 aromatic carbocycles. The molecule has 1 aliphatic heterocycles. The topological polar surface area (TPSA) is 106 Å². The molecule has 3 aromatic heterocycles. The molecule has 5 aromatic rings. The third kappa shape index (κ3) is 5.41. The van der Waals surface area contributed by atoms with Gasteiger partial charge in [0.2, 0.25) is 0 Å². The monoisotopic (exact) mass is 610 g/mol. The number of nitrogens with zero attached hydrogens (tertiary/aromatic N) is 4. The Morgan fingerprint density at radius 2 is 1.75 bits per heavy atom. The Morgan fingerprint density at radius 1 is 0.955 bits per heavy atom. The number of anilines is 1. The van der Waals surface area contributed by atoms with Gasteiger partial charge in [-0.15, -0.1) is 0 Å². The predicted octanol–water partition coefficient (Wildman–Crippen LogP) is 7.24. The Morgan fingerprint density at radius 3 is 2.52 bits per heavy atom. The van der Waals surface area contributed by atoms with Crippen molar-refractivity contribution in [2.75, 3.05) is 18.1 Å². The van der Waals surface area contributed by atoms with Crippen molar-refractivity contribution in [2.45, 2.75) is 52.5 Å². The number of aryl methyl sites for hydroxylation is 1. The largest absolute Gasteiger partial charge is 0.505 e. The molecular weight excluding hydrogens is 576 g/mol. The van der Waals surface area contributed by atoms with Crippen LogP contribution in [-0.4, -0.2) is 44.4 Å². The van der Waals surface area contributed by atoms with Gasteiger partial charge in [-0.25, -0.2) is 9.97 Å². The third-order valence-corrected chi connectivity index (χ3v) is 8.72. The molecule has 0 aliphatic carbocycles. The summed E-state index contributed by atoms with van der Waals surface area (Å²) in [5.41, 5.74) is 2.82. The Hall–Kier alpha value is -4.70. The first kappa shape index (κ1) is 29.4. The van der Waals surface area contributed by atoms with Gasteiger partial charge >= 0.3 is 5.91 Å². The molecule has 1 fully saturated rings. The van der Waals surface area contributed by atoms with Crippen molar-refractivity contribution in [1.29, 1.82) is 0 Å². The van der Waals surface area contributed by atoms with Crippen LogP contribution >= 0.6 is 11.3 Å². The van der Waals surface area contributed by atoms with Crippen molar-refractivity contribution in [3.8, 4) is 11.5 Å². The minimum absolute atomic E-state index is 0.0220. The molecule has 10 heteroatoms. The minimum Gasteiger partial charge on any atom is -0.505 e. The van der Waals surface area contributed by atoms with Gasteiger partial charge in [0.05, 0.1) is 40.7 Å². The average Bonchev–Trinajstić information content (AvgIpc) is 3.67. The number of ketones is 1. The summed E-state index contributed by atoms with van der Waals surface area (Å²) in [5.74, 6) is -0.444. The van der Waals surface area contributed by atoms with Gasteiger partial charge in [0, 0.05) is 6.20 Å². The van der Waals surface area contributed by atoms with Gasteiger partial charge in [0.25, 0.3) is 5.78 Å². The molecule has 1 unspecified atom stereocenters. The summed E-state index contributed by atoms with van der Waals surface area (Å²) in [4.78, 5) is 38.3. The standard InChI is InChI=1S/C34H34N4O5S/c1-4-6-7-10-19-43-23-14-12-22(13-15-23)30-28(31(39)29-21(3)35-27-11-8-9-18-37(27)29)32(40)33(41)38(30)34-36-25-17-16-24(42-5-2)20-26(25)44-34/h8-9,11-18,20,30,39H,4-7,10,19H2,1-3H3/b31-28+. The number of pyridine rings is 1. The second kappa shape index (κ2) is 12.5. The molecule has 0 bridgehead atoms. The molecule has 0 spiro atoms. The van der Waals surface area contributed by atoms with Crippen molar-refractivity contribution in [1.82, 2.24) is 14.4 Å². The van der Waals surface area contributed by atoms with E-state index in [1.54, 1.807) is 17.5 Å². The van der Waals surface area contributed by atoms with E-state index in [4.69, 9.17) is 14.5 Å². The van der Waals surface area contributed by atoms with E-state index in [1.165, 1.54) is 22.7 Å². The molecule has 9 nitrogen and oxygen atoms in total. The van der Waals surface area contributed by atoms with Crippen molar-refractivity contribution in [2.24, 2.45) is 0 Å². The van der Waals surface area contributed by atoms with Crippen molar-refractivity contribution in [3.63, 3.8) is 0 Å². The number of hydrogen-bond donors (Lipinski definition) is 1. The molecule has 1 amide bonds. The lowest BCUT2D eigenvalue weighted by Gasteiger charge is -2.23. The zero-order chi connectivity index (χ0) is 30.8. The van der Waals surface area contributed by atoms with Gasteiger partial charge in [0.15, 0.2) is 10.9 Å². The number of thiazole rings is 1. The van der Waals surface area contributed by atoms with Crippen molar-refractivity contribution >= 4 is 49.8 Å². The molecule has 4 heterocycles. The molecule has 0 radical (unpaired) electrons. The predicted molar refractivity (Wildman–Crippen MR) is 172 cm³/mol. The van der Waals surface area contributed by atoms with E-state index in [-0.39, 0.29) is 11.3 Å². The molecule has 1 saturated heterocycles. The average molecular weight is 611 g/mol. The van der Waals surface area contributed by atoms with Gasteiger partial charge in [-0.1, -0.05) is 55.7 Å². The van der Waals surface area contributed by atoms with Gasteiger partial charge in [-0.3, -0.25) is 18.9 Å². The summed E-state index contributed by atoms with van der Waals surface area (Å²) in [6.45, 7) is 6.98. The van der Waals surface area contributed by atoms with Crippen LogP contribution in [0.3, 0.4) is 0 Å². The van der Waals surface area contributed by atoms with Gasteiger partial charge in [0.1, 0.15) is 22.8 Å². The van der Waals surface area contributed by atoms with E-state index in [0.717, 1.165) is 24.0 Å². The summed E-state index contributed by atoms with van der Waals surface area (Å²) in [7, 11) is 0. The fraction of sp³-hybridized carbons (Fsp3) is 0.294. The number of carbonyl (C=O) groups is 2. The minimum atomic E-state index is -0.922. The summed E-state index contributed by atoms with van der Waals surface area (Å²) in [5, 5.41) is 12.2. The fourth-order valence-electron chi connectivity index (χ4n) is 5.59. The quantitative estimate of drug-likeness (QED) is 0.0727. The number of hydrogen-bond acceptors (Lipinski definition) is 8. The highest BCUT2D eigenvalue weighted by atomic mass is 32.1. The number of benzene rings is 2. The smallest absolute Gasteiger partial charge is 0.301 e. The van der Waals surface area contributed by atoms with E-state index in [1.807, 2.05) is 67.6 Å². The lowest BCUT2D eigenvalue weighted by Crippen LogP contribution is -2.29. The van der Waals surface area contributed by atoms with Crippen LogP contribution in [0.5, 0.6) is 11.5 Å². The van der Waals surface area contributed by atoms with Crippen LogP contribution in [-0.2, 0) is 9.59 Å². The highest BCUT2D eigenvalue weighted by molar-refractivity contribution is 7.22. The van der Waals surface area contributed by atoms with E-state index in [9.17, 15) is 14.7 Å². The summed E-state index contributed by atoms with van der Waals surface area (Å²) in [6.07, 6.45) is 6.18. The Kier molecular flexibility index (Phi) is 8.34. The first-order valence-electron chi connectivity index (χ1n) is 14.9. The Balaban J connectivity index is 1.45. The molecule has 0 saturated carbocycles. The first-order valence-corrected chi connectivity index (χ1v) is 15.7. The van der Waals surface area contributed by atoms with Crippen LogP contribution in [0.4, 0.5) is 5.13 Å². The number of amides is 1. The van der Waals surface area contributed by atoms with Gasteiger partial charge in [-0.05, 0) is 68.3 Å². The molecule has 1 aliphatic rings. The zero-order valence-corrected chi connectivity index (χ0v) is 25.8. The van der Waals surface area contributed by atoms with E-state index in [2.05, 4.69) is 11.9 Å². The number of rotatable bonds is 11. The molecule has 226 valence electrons.